The van der Waals surface area contributed by atoms with Crippen LogP contribution >= 0.6 is 11.8 Å². The van der Waals surface area contributed by atoms with E-state index >= 15 is 0 Å². The van der Waals surface area contributed by atoms with Crippen molar-refractivity contribution >= 4 is 29.3 Å². The summed E-state index contributed by atoms with van der Waals surface area (Å²) in [6.07, 6.45) is 0. The molecule has 1 heterocycles. The summed E-state index contributed by atoms with van der Waals surface area (Å²) in [5, 5.41) is 0. The van der Waals surface area contributed by atoms with Crippen molar-refractivity contribution in [3.8, 4) is 5.75 Å². The fourth-order valence-corrected chi connectivity index (χ4v) is 4.62. The van der Waals surface area contributed by atoms with Gasteiger partial charge in [0.05, 0.1) is 24.4 Å². The number of amides is 1. The lowest BCUT2D eigenvalue weighted by Crippen LogP contribution is -2.41. The van der Waals surface area contributed by atoms with E-state index < -0.39 is 5.97 Å². The van der Waals surface area contributed by atoms with E-state index in [1.165, 1.54) is 7.11 Å². The van der Waals surface area contributed by atoms with E-state index in [1.807, 2.05) is 54.6 Å². The largest absolute Gasteiger partial charge is 0.497 e. The van der Waals surface area contributed by atoms with Crippen LogP contribution in [0.5, 0.6) is 5.75 Å². The number of carbonyl (C=O) groups excluding carboxylic acids is 2. The normalized spacial score (nSPS) is 15.2. The van der Waals surface area contributed by atoms with Crippen LogP contribution in [-0.2, 0) is 9.53 Å². The monoisotopic (exact) mass is 419 g/mol. The first kappa shape index (κ1) is 20.0. The van der Waals surface area contributed by atoms with Crippen molar-refractivity contribution in [2.75, 3.05) is 24.4 Å². The zero-order valence-corrected chi connectivity index (χ0v) is 17.3. The highest BCUT2D eigenvalue weighted by atomic mass is 32.2. The van der Waals surface area contributed by atoms with Crippen LogP contribution in [-0.4, -0.2) is 31.3 Å². The quantitative estimate of drug-likeness (QED) is 0.560. The molecule has 0 bridgehead atoms. The number of hydrogen-bond donors (Lipinski definition) is 0. The van der Waals surface area contributed by atoms with Crippen LogP contribution in [0.1, 0.15) is 22.0 Å². The Labute approximate surface area is 179 Å². The SMILES string of the molecule is COc1cccc(C(=O)OCC(=O)N2c3ccccc3SC[C@@H]2c2ccccc2)c1. The number of nitrogens with zero attached hydrogens (tertiary/aromatic N) is 1. The Morgan fingerprint density at radius 1 is 1.00 bits per heavy atom. The van der Waals surface area contributed by atoms with E-state index in [0.717, 1.165) is 21.9 Å². The molecule has 0 N–H and O–H groups in total. The first-order valence-corrected chi connectivity index (χ1v) is 10.6. The van der Waals surface area contributed by atoms with E-state index in [-0.39, 0.29) is 18.6 Å². The minimum atomic E-state index is -0.557. The van der Waals surface area contributed by atoms with Crippen molar-refractivity contribution in [1.29, 1.82) is 0 Å². The van der Waals surface area contributed by atoms with E-state index in [0.29, 0.717) is 11.3 Å². The summed E-state index contributed by atoms with van der Waals surface area (Å²) in [5.74, 6) is 0.476. The summed E-state index contributed by atoms with van der Waals surface area (Å²) in [6.45, 7) is -0.335. The zero-order valence-electron chi connectivity index (χ0n) is 16.5. The molecule has 4 rings (SSSR count). The van der Waals surface area contributed by atoms with Gasteiger partial charge in [0.1, 0.15) is 5.75 Å². The highest BCUT2D eigenvalue weighted by Crippen LogP contribution is 2.43. The smallest absolute Gasteiger partial charge is 0.338 e. The van der Waals surface area contributed by atoms with Crippen molar-refractivity contribution in [3.05, 3.63) is 90.0 Å². The Bertz CT molecular complexity index is 1050. The maximum atomic E-state index is 13.2. The van der Waals surface area contributed by atoms with Crippen molar-refractivity contribution in [3.63, 3.8) is 0 Å². The molecule has 3 aromatic carbocycles. The lowest BCUT2D eigenvalue weighted by molar-refractivity contribution is -0.122. The molecular formula is C24H21NO4S. The van der Waals surface area contributed by atoms with Crippen LogP contribution in [0.4, 0.5) is 5.69 Å². The minimum absolute atomic E-state index is 0.130. The van der Waals surface area contributed by atoms with Crippen LogP contribution in [0.2, 0.25) is 0 Å². The predicted octanol–water partition coefficient (Wildman–Crippen LogP) is 4.73. The van der Waals surface area contributed by atoms with Gasteiger partial charge < -0.3 is 9.47 Å². The Morgan fingerprint density at radius 2 is 1.77 bits per heavy atom. The molecule has 1 atom stereocenters. The van der Waals surface area contributed by atoms with Gasteiger partial charge >= 0.3 is 5.97 Å². The summed E-state index contributed by atoms with van der Waals surface area (Å²) in [7, 11) is 1.53. The number of hydrogen-bond acceptors (Lipinski definition) is 5. The number of esters is 1. The standard InChI is InChI=1S/C24H21NO4S/c1-28-19-11-7-10-18(14-19)24(27)29-15-23(26)25-20-12-5-6-13-22(20)30-16-21(25)17-8-3-2-4-9-17/h2-14,21H,15-16H2,1H3/t21-/m1/s1. The van der Waals surface area contributed by atoms with Gasteiger partial charge in [0.25, 0.3) is 5.91 Å². The summed E-state index contributed by atoms with van der Waals surface area (Å²) in [4.78, 5) is 28.5. The number of carbonyl (C=O) groups is 2. The Hall–Kier alpha value is -3.25. The molecule has 0 aromatic heterocycles. The highest BCUT2D eigenvalue weighted by Gasteiger charge is 2.32. The molecule has 0 fully saturated rings. The molecule has 0 unspecified atom stereocenters. The minimum Gasteiger partial charge on any atom is -0.497 e. The van der Waals surface area contributed by atoms with Crippen LogP contribution in [0.25, 0.3) is 0 Å². The lowest BCUT2D eigenvalue weighted by atomic mass is 10.1. The Morgan fingerprint density at radius 3 is 2.57 bits per heavy atom. The highest BCUT2D eigenvalue weighted by molar-refractivity contribution is 7.99. The van der Waals surface area contributed by atoms with E-state index in [9.17, 15) is 9.59 Å². The van der Waals surface area contributed by atoms with Crippen molar-refractivity contribution < 1.29 is 19.1 Å². The summed E-state index contributed by atoms with van der Waals surface area (Å²) < 4.78 is 10.5. The van der Waals surface area contributed by atoms with Crippen LogP contribution < -0.4 is 9.64 Å². The van der Waals surface area contributed by atoms with Crippen molar-refractivity contribution in [2.24, 2.45) is 0 Å². The predicted molar refractivity (Wildman–Crippen MR) is 117 cm³/mol. The third-order valence-corrected chi connectivity index (χ3v) is 6.06. The first-order chi connectivity index (χ1) is 14.7. The lowest BCUT2D eigenvalue weighted by Gasteiger charge is -2.37. The maximum absolute atomic E-state index is 13.2. The van der Waals surface area contributed by atoms with Gasteiger partial charge in [-0.15, -0.1) is 11.8 Å². The summed E-state index contributed by atoms with van der Waals surface area (Å²) >= 11 is 1.72. The van der Waals surface area contributed by atoms with Gasteiger partial charge in [0.15, 0.2) is 6.61 Å². The number of rotatable bonds is 5. The third-order valence-electron chi connectivity index (χ3n) is 4.92. The average molecular weight is 420 g/mol. The van der Waals surface area contributed by atoms with E-state index in [1.54, 1.807) is 40.9 Å². The number of benzene rings is 3. The molecule has 0 saturated heterocycles. The van der Waals surface area contributed by atoms with Crippen LogP contribution in [0.3, 0.4) is 0 Å². The number of para-hydroxylation sites is 1. The van der Waals surface area contributed by atoms with Gasteiger partial charge in [-0.1, -0.05) is 48.5 Å². The van der Waals surface area contributed by atoms with Gasteiger partial charge in [0, 0.05) is 10.6 Å². The van der Waals surface area contributed by atoms with E-state index in [4.69, 9.17) is 9.47 Å². The number of anilines is 1. The molecule has 1 amide bonds. The maximum Gasteiger partial charge on any atom is 0.338 e. The van der Waals surface area contributed by atoms with Gasteiger partial charge in [-0.2, -0.15) is 0 Å². The van der Waals surface area contributed by atoms with Gasteiger partial charge in [-0.3, -0.25) is 9.69 Å². The molecule has 1 aliphatic rings. The zero-order chi connectivity index (χ0) is 20.9. The molecule has 0 radical (unpaired) electrons. The molecule has 5 nitrogen and oxygen atoms in total. The molecule has 1 aliphatic heterocycles. The average Bonchev–Trinajstić information content (AvgIpc) is 2.82. The van der Waals surface area contributed by atoms with E-state index in [2.05, 4.69) is 0 Å². The summed E-state index contributed by atoms with van der Waals surface area (Å²) in [5.41, 5.74) is 2.23. The number of fused-ring (bicyclic) bond motifs is 1. The number of methoxy groups -OCH3 is 1. The molecular weight excluding hydrogens is 398 g/mol. The summed E-state index contributed by atoms with van der Waals surface area (Å²) in [6, 6.07) is 24.3. The second-order valence-electron chi connectivity index (χ2n) is 6.78. The first-order valence-electron chi connectivity index (χ1n) is 9.57. The molecule has 6 heteroatoms. The number of ether oxygens (including phenoxy) is 2. The third kappa shape index (κ3) is 4.19. The molecule has 3 aromatic rings. The molecule has 0 aliphatic carbocycles. The second-order valence-corrected chi connectivity index (χ2v) is 7.84. The van der Waals surface area contributed by atoms with Gasteiger partial charge in [-0.05, 0) is 35.9 Å². The molecule has 152 valence electrons. The fourth-order valence-electron chi connectivity index (χ4n) is 3.45. The van der Waals surface area contributed by atoms with Crippen LogP contribution in [0.15, 0.2) is 83.8 Å². The Balaban J connectivity index is 1.56. The topological polar surface area (TPSA) is 55.8 Å². The molecule has 0 saturated carbocycles. The number of thioether (sulfide) groups is 1. The Kier molecular flexibility index (Phi) is 6.05. The molecule has 0 spiro atoms. The molecule has 30 heavy (non-hydrogen) atoms. The van der Waals surface area contributed by atoms with Crippen molar-refractivity contribution in [1.82, 2.24) is 0 Å². The second kappa shape index (κ2) is 9.05. The van der Waals surface area contributed by atoms with Crippen LogP contribution in [0, 0.1) is 0 Å². The van der Waals surface area contributed by atoms with Gasteiger partial charge in [-0.25, -0.2) is 4.79 Å². The van der Waals surface area contributed by atoms with Gasteiger partial charge in [0.2, 0.25) is 0 Å². The fraction of sp³-hybridized carbons (Fsp3) is 0.167. The van der Waals surface area contributed by atoms with Crippen molar-refractivity contribution in [2.45, 2.75) is 10.9 Å².